The Balaban J connectivity index is 2.19. The molecule has 1 N–H and O–H groups in total. The Kier molecular flexibility index (Phi) is 4.84. The average molecular weight is 289 g/mol. The van der Waals surface area contributed by atoms with E-state index in [0.717, 1.165) is 23.5 Å². The van der Waals surface area contributed by atoms with Crippen molar-refractivity contribution in [2.24, 2.45) is 5.92 Å². The van der Waals surface area contributed by atoms with Crippen molar-refractivity contribution in [3.8, 4) is 5.88 Å². The number of H-pyrrole nitrogens is 1. The van der Waals surface area contributed by atoms with Crippen LogP contribution in [-0.2, 0) is 12.8 Å². The summed E-state index contributed by atoms with van der Waals surface area (Å²) < 4.78 is 5.69. The number of pyridine rings is 1. The zero-order chi connectivity index (χ0) is 14.5. The van der Waals surface area contributed by atoms with Gasteiger partial charge in [0.15, 0.2) is 0 Å². The predicted molar refractivity (Wildman–Crippen MR) is 81.6 cm³/mol. The molecule has 0 unspecified atom stereocenters. The minimum absolute atomic E-state index is 0.582. The fourth-order valence-electron chi connectivity index (χ4n) is 2.03. The Morgan fingerprint density at radius 3 is 2.75 bits per heavy atom. The normalized spacial score (nSPS) is 10.8. The van der Waals surface area contributed by atoms with Crippen LogP contribution in [0.25, 0.3) is 0 Å². The molecule has 5 heteroatoms. The van der Waals surface area contributed by atoms with Gasteiger partial charge >= 0.3 is 0 Å². The minimum atomic E-state index is 0.582. The van der Waals surface area contributed by atoms with E-state index in [1.54, 1.807) is 13.3 Å². The number of aromatic nitrogens is 3. The first-order chi connectivity index (χ1) is 9.56. The van der Waals surface area contributed by atoms with Gasteiger partial charge in [-0.1, -0.05) is 32.1 Å². The SMILES string of the molecule is COc1ccc(Cc2nc(=S)cc(CC(C)C)[nH]2)cn1. The maximum absolute atomic E-state index is 5.23. The van der Waals surface area contributed by atoms with E-state index in [0.29, 0.717) is 22.9 Å². The van der Waals surface area contributed by atoms with Crippen LogP contribution in [0.3, 0.4) is 0 Å². The lowest BCUT2D eigenvalue weighted by Gasteiger charge is -2.08. The van der Waals surface area contributed by atoms with Crippen LogP contribution in [-0.4, -0.2) is 22.1 Å². The van der Waals surface area contributed by atoms with Gasteiger partial charge in [0.25, 0.3) is 0 Å². The van der Waals surface area contributed by atoms with Crippen molar-refractivity contribution in [1.29, 1.82) is 0 Å². The second kappa shape index (κ2) is 6.61. The van der Waals surface area contributed by atoms with Crippen LogP contribution in [0.15, 0.2) is 24.4 Å². The molecule has 2 aromatic rings. The Labute approximate surface area is 124 Å². The van der Waals surface area contributed by atoms with E-state index in [1.807, 2.05) is 18.2 Å². The number of ether oxygens (including phenoxy) is 1. The third-order valence-electron chi connectivity index (χ3n) is 2.85. The Morgan fingerprint density at radius 1 is 1.35 bits per heavy atom. The van der Waals surface area contributed by atoms with Crippen molar-refractivity contribution in [3.05, 3.63) is 46.1 Å². The molecule has 0 bridgehead atoms. The highest BCUT2D eigenvalue weighted by atomic mass is 32.1. The van der Waals surface area contributed by atoms with Crippen molar-refractivity contribution < 1.29 is 4.74 Å². The molecule has 0 saturated heterocycles. The Morgan fingerprint density at radius 2 is 2.15 bits per heavy atom. The van der Waals surface area contributed by atoms with Gasteiger partial charge in [-0.15, -0.1) is 0 Å². The van der Waals surface area contributed by atoms with Crippen LogP contribution in [0.5, 0.6) is 5.88 Å². The zero-order valence-corrected chi connectivity index (χ0v) is 12.8. The number of aromatic amines is 1. The van der Waals surface area contributed by atoms with E-state index in [-0.39, 0.29) is 0 Å². The summed E-state index contributed by atoms with van der Waals surface area (Å²) in [5.41, 5.74) is 2.21. The van der Waals surface area contributed by atoms with Crippen LogP contribution in [0.2, 0.25) is 0 Å². The summed E-state index contributed by atoms with van der Waals surface area (Å²) in [7, 11) is 1.61. The van der Waals surface area contributed by atoms with Crippen LogP contribution < -0.4 is 4.74 Å². The van der Waals surface area contributed by atoms with Gasteiger partial charge in [-0.3, -0.25) is 0 Å². The van der Waals surface area contributed by atoms with E-state index in [4.69, 9.17) is 17.0 Å². The summed E-state index contributed by atoms with van der Waals surface area (Å²) in [6.07, 6.45) is 3.46. The summed E-state index contributed by atoms with van der Waals surface area (Å²) in [6.45, 7) is 4.37. The van der Waals surface area contributed by atoms with Crippen LogP contribution >= 0.6 is 12.2 Å². The Bertz CT molecular complexity index is 620. The van der Waals surface area contributed by atoms with E-state index in [1.165, 1.54) is 0 Å². The molecular weight excluding hydrogens is 270 g/mol. The van der Waals surface area contributed by atoms with E-state index < -0.39 is 0 Å². The smallest absolute Gasteiger partial charge is 0.212 e. The van der Waals surface area contributed by atoms with Gasteiger partial charge in [-0.2, -0.15) is 0 Å². The molecule has 0 aliphatic heterocycles. The fourth-order valence-corrected chi connectivity index (χ4v) is 2.28. The van der Waals surface area contributed by atoms with Gasteiger partial charge in [-0.05, 0) is 24.0 Å². The highest BCUT2D eigenvalue weighted by Crippen LogP contribution is 2.11. The summed E-state index contributed by atoms with van der Waals surface area (Å²) in [5.74, 6) is 2.07. The second-order valence-electron chi connectivity index (χ2n) is 5.17. The lowest BCUT2D eigenvalue weighted by atomic mass is 10.1. The minimum Gasteiger partial charge on any atom is -0.481 e. The molecule has 0 spiro atoms. The summed E-state index contributed by atoms with van der Waals surface area (Å²) in [4.78, 5) is 11.9. The number of hydrogen-bond donors (Lipinski definition) is 1. The van der Waals surface area contributed by atoms with Crippen molar-refractivity contribution >= 4 is 12.2 Å². The van der Waals surface area contributed by atoms with Gasteiger partial charge in [0.2, 0.25) is 5.88 Å². The molecule has 106 valence electrons. The number of methoxy groups -OCH3 is 1. The quantitative estimate of drug-likeness (QED) is 0.858. The number of nitrogens with one attached hydrogen (secondary N) is 1. The molecule has 0 aromatic carbocycles. The molecule has 2 aromatic heterocycles. The van der Waals surface area contributed by atoms with Crippen molar-refractivity contribution in [2.75, 3.05) is 7.11 Å². The summed E-state index contributed by atoms with van der Waals surface area (Å²) in [6, 6.07) is 5.77. The summed E-state index contributed by atoms with van der Waals surface area (Å²) >= 11 is 5.23. The fraction of sp³-hybridized carbons (Fsp3) is 0.400. The maximum Gasteiger partial charge on any atom is 0.212 e. The molecule has 0 saturated carbocycles. The third-order valence-corrected chi connectivity index (χ3v) is 3.06. The maximum atomic E-state index is 5.23. The van der Waals surface area contributed by atoms with Crippen LogP contribution in [0.4, 0.5) is 0 Å². The van der Waals surface area contributed by atoms with Crippen molar-refractivity contribution in [1.82, 2.24) is 15.0 Å². The van der Waals surface area contributed by atoms with Crippen LogP contribution in [0.1, 0.15) is 30.9 Å². The second-order valence-corrected chi connectivity index (χ2v) is 5.59. The average Bonchev–Trinajstić information content (AvgIpc) is 2.38. The first-order valence-electron chi connectivity index (χ1n) is 6.65. The molecule has 2 rings (SSSR count). The van der Waals surface area contributed by atoms with E-state index >= 15 is 0 Å². The molecule has 0 aliphatic rings. The molecular formula is C15H19N3OS. The molecule has 0 aliphatic carbocycles. The molecule has 0 fully saturated rings. The zero-order valence-electron chi connectivity index (χ0n) is 12.0. The first kappa shape index (κ1) is 14.7. The monoisotopic (exact) mass is 289 g/mol. The topological polar surface area (TPSA) is 50.8 Å². The number of hydrogen-bond acceptors (Lipinski definition) is 4. The Hall–Kier alpha value is -1.75. The van der Waals surface area contributed by atoms with Crippen molar-refractivity contribution in [2.45, 2.75) is 26.7 Å². The lowest BCUT2D eigenvalue weighted by Crippen LogP contribution is -2.04. The highest BCUT2D eigenvalue weighted by molar-refractivity contribution is 7.71. The van der Waals surface area contributed by atoms with Gasteiger partial charge in [-0.25, -0.2) is 9.97 Å². The molecule has 0 atom stereocenters. The predicted octanol–water partition coefficient (Wildman–Crippen LogP) is 3.33. The van der Waals surface area contributed by atoms with Gasteiger partial charge < -0.3 is 9.72 Å². The standard InChI is InChI=1S/C15H19N3OS/c1-10(2)6-12-8-15(20)18-13(17-12)7-11-4-5-14(19-3)16-9-11/h4-5,8-10H,6-7H2,1-3H3,(H,17,18,20). The number of rotatable bonds is 5. The van der Waals surface area contributed by atoms with E-state index in [2.05, 4.69) is 28.8 Å². The highest BCUT2D eigenvalue weighted by Gasteiger charge is 2.04. The van der Waals surface area contributed by atoms with Gasteiger partial charge in [0.1, 0.15) is 10.5 Å². The lowest BCUT2D eigenvalue weighted by molar-refractivity contribution is 0.397. The summed E-state index contributed by atoms with van der Waals surface area (Å²) in [5, 5.41) is 0. The molecule has 20 heavy (non-hydrogen) atoms. The number of nitrogens with zero attached hydrogens (tertiary/aromatic N) is 2. The molecule has 0 radical (unpaired) electrons. The third kappa shape index (κ3) is 4.13. The van der Waals surface area contributed by atoms with E-state index in [9.17, 15) is 0 Å². The molecule has 4 nitrogen and oxygen atoms in total. The van der Waals surface area contributed by atoms with Gasteiger partial charge in [0.05, 0.1) is 7.11 Å². The van der Waals surface area contributed by atoms with Crippen molar-refractivity contribution in [3.63, 3.8) is 0 Å². The molecule has 2 heterocycles. The largest absolute Gasteiger partial charge is 0.481 e. The first-order valence-corrected chi connectivity index (χ1v) is 7.05. The molecule has 0 amide bonds. The van der Waals surface area contributed by atoms with Gasteiger partial charge in [0, 0.05) is 24.4 Å². The van der Waals surface area contributed by atoms with Crippen LogP contribution in [0, 0.1) is 10.6 Å².